The van der Waals surface area contributed by atoms with Crippen LogP contribution in [0.25, 0.3) is 0 Å². The van der Waals surface area contributed by atoms with Crippen molar-refractivity contribution in [1.82, 2.24) is 4.83 Å². The van der Waals surface area contributed by atoms with E-state index in [-0.39, 0.29) is 0 Å². The van der Waals surface area contributed by atoms with Crippen LogP contribution >= 0.6 is 15.9 Å². The van der Waals surface area contributed by atoms with Crippen LogP contribution in [0, 0.1) is 0 Å². The van der Waals surface area contributed by atoms with Crippen LogP contribution in [-0.4, -0.2) is 20.9 Å². The molecule has 0 bridgehead atoms. The first-order valence-corrected chi connectivity index (χ1v) is 6.41. The van der Waals surface area contributed by atoms with Crippen LogP contribution in [0.4, 0.5) is 0 Å². The molecule has 1 N–H and O–H groups in total. The maximum atomic E-state index is 10.7. The van der Waals surface area contributed by atoms with Crippen LogP contribution in [0.3, 0.4) is 0 Å². The fourth-order valence-corrected chi connectivity index (χ4v) is 1.44. The van der Waals surface area contributed by atoms with Gasteiger partial charge in [-0.2, -0.15) is 5.10 Å². The van der Waals surface area contributed by atoms with E-state index >= 15 is 0 Å². The smallest absolute Gasteiger partial charge is 0.206 e. The molecule has 0 aliphatic carbocycles. The number of nitrogens with zero attached hydrogens (tertiary/aromatic N) is 1. The molecular formula is C8H9BrN2O2S. The van der Waals surface area contributed by atoms with E-state index in [0.717, 1.165) is 16.3 Å². The van der Waals surface area contributed by atoms with Crippen molar-refractivity contribution in [1.29, 1.82) is 0 Å². The lowest BCUT2D eigenvalue weighted by Crippen LogP contribution is -2.15. The topological polar surface area (TPSA) is 58.5 Å². The molecule has 1 aromatic rings. The molecule has 0 aliphatic heterocycles. The zero-order valence-corrected chi connectivity index (χ0v) is 9.84. The van der Waals surface area contributed by atoms with E-state index in [0.29, 0.717) is 0 Å². The molecule has 0 amide bonds. The van der Waals surface area contributed by atoms with Crippen LogP contribution in [0.2, 0.25) is 0 Å². The molecule has 1 rings (SSSR count). The Kier molecular flexibility index (Phi) is 3.65. The normalized spacial score (nSPS) is 11.9. The standard InChI is InChI=1S/C8H9BrN2O2S/c1-14(12,13)11-10-6-7-3-2-4-8(9)5-7/h2-6,11H,1H3/b10-6-. The Labute approximate surface area is 91.2 Å². The number of sulfonamides is 1. The molecule has 6 heteroatoms. The third-order valence-corrected chi connectivity index (χ3v) is 2.21. The summed E-state index contributed by atoms with van der Waals surface area (Å²) in [6.07, 6.45) is 2.48. The highest BCUT2D eigenvalue weighted by Crippen LogP contribution is 2.09. The number of hydrogen-bond donors (Lipinski definition) is 1. The van der Waals surface area contributed by atoms with Crippen molar-refractivity contribution >= 4 is 32.2 Å². The van der Waals surface area contributed by atoms with Gasteiger partial charge in [-0.25, -0.2) is 13.2 Å². The fourth-order valence-electron chi connectivity index (χ4n) is 0.784. The zero-order chi connectivity index (χ0) is 10.6. The Bertz CT molecular complexity index is 442. The third-order valence-electron chi connectivity index (χ3n) is 1.28. The minimum Gasteiger partial charge on any atom is -0.206 e. The van der Waals surface area contributed by atoms with Gasteiger partial charge in [-0.05, 0) is 17.7 Å². The second kappa shape index (κ2) is 4.56. The third kappa shape index (κ3) is 4.38. The number of rotatable bonds is 3. The Balaban J connectivity index is 2.70. The highest BCUT2D eigenvalue weighted by Gasteiger charge is 1.94. The van der Waals surface area contributed by atoms with Crippen molar-refractivity contribution in [2.24, 2.45) is 5.10 Å². The molecule has 0 aliphatic rings. The molecule has 0 saturated heterocycles. The first kappa shape index (κ1) is 11.2. The Morgan fingerprint density at radius 1 is 1.50 bits per heavy atom. The van der Waals surface area contributed by atoms with Crippen molar-refractivity contribution in [3.8, 4) is 0 Å². The molecule has 76 valence electrons. The maximum absolute atomic E-state index is 10.7. The lowest BCUT2D eigenvalue weighted by molar-refractivity contribution is 0.591. The Morgan fingerprint density at radius 2 is 2.21 bits per heavy atom. The number of hydrazone groups is 1. The second-order valence-corrected chi connectivity index (χ2v) is 5.32. The first-order chi connectivity index (χ1) is 6.47. The van der Waals surface area contributed by atoms with Gasteiger partial charge in [0.05, 0.1) is 12.5 Å². The summed E-state index contributed by atoms with van der Waals surface area (Å²) in [5.41, 5.74) is 0.815. The van der Waals surface area contributed by atoms with E-state index in [1.54, 1.807) is 0 Å². The molecule has 0 atom stereocenters. The van der Waals surface area contributed by atoms with Crippen molar-refractivity contribution in [3.05, 3.63) is 34.3 Å². The molecule has 0 saturated carbocycles. The predicted octanol–water partition coefficient (Wildman–Crippen LogP) is 1.33. The molecule has 0 spiro atoms. The lowest BCUT2D eigenvalue weighted by atomic mass is 10.2. The van der Waals surface area contributed by atoms with Gasteiger partial charge in [-0.1, -0.05) is 28.1 Å². The Hall–Kier alpha value is -0.880. The van der Waals surface area contributed by atoms with Gasteiger partial charge < -0.3 is 0 Å². The SMILES string of the molecule is CS(=O)(=O)N/N=C\c1cccc(Br)c1. The largest absolute Gasteiger partial charge is 0.244 e. The highest BCUT2D eigenvalue weighted by atomic mass is 79.9. The summed E-state index contributed by atoms with van der Waals surface area (Å²) in [5.74, 6) is 0. The van der Waals surface area contributed by atoms with Gasteiger partial charge in [-0.3, -0.25) is 0 Å². The second-order valence-electron chi connectivity index (χ2n) is 2.68. The molecular weight excluding hydrogens is 268 g/mol. The number of hydrogen-bond acceptors (Lipinski definition) is 3. The summed E-state index contributed by atoms with van der Waals surface area (Å²) in [7, 11) is -3.26. The molecule has 0 radical (unpaired) electrons. The van der Waals surface area contributed by atoms with Crippen LogP contribution in [-0.2, 0) is 10.0 Å². The maximum Gasteiger partial charge on any atom is 0.244 e. The van der Waals surface area contributed by atoms with E-state index in [2.05, 4.69) is 21.0 Å². The van der Waals surface area contributed by atoms with Crippen LogP contribution in [0.1, 0.15) is 5.56 Å². The summed E-state index contributed by atoms with van der Waals surface area (Å²) in [4.78, 5) is 2.02. The molecule has 4 nitrogen and oxygen atoms in total. The predicted molar refractivity (Wildman–Crippen MR) is 59.7 cm³/mol. The quantitative estimate of drug-likeness (QED) is 0.669. The van der Waals surface area contributed by atoms with E-state index < -0.39 is 10.0 Å². The highest BCUT2D eigenvalue weighted by molar-refractivity contribution is 9.10. The van der Waals surface area contributed by atoms with Crippen LogP contribution in [0.15, 0.2) is 33.8 Å². The summed E-state index contributed by atoms with van der Waals surface area (Å²) in [5, 5.41) is 3.57. The summed E-state index contributed by atoms with van der Waals surface area (Å²) in [6, 6.07) is 7.36. The van der Waals surface area contributed by atoms with Gasteiger partial charge in [0.25, 0.3) is 0 Å². The van der Waals surface area contributed by atoms with E-state index in [1.165, 1.54) is 6.21 Å². The van der Waals surface area contributed by atoms with Gasteiger partial charge in [0, 0.05) is 4.47 Å². The van der Waals surface area contributed by atoms with E-state index in [4.69, 9.17) is 0 Å². The van der Waals surface area contributed by atoms with Crippen molar-refractivity contribution in [2.45, 2.75) is 0 Å². The van der Waals surface area contributed by atoms with Crippen LogP contribution < -0.4 is 4.83 Å². The Morgan fingerprint density at radius 3 is 2.79 bits per heavy atom. The summed E-state index contributed by atoms with van der Waals surface area (Å²) >= 11 is 3.29. The number of halogens is 1. The van der Waals surface area contributed by atoms with E-state index in [1.807, 2.05) is 29.1 Å². The van der Waals surface area contributed by atoms with E-state index in [9.17, 15) is 8.42 Å². The molecule has 0 unspecified atom stereocenters. The lowest BCUT2D eigenvalue weighted by Gasteiger charge is -1.95. The van der Waals surface area contributed by atoms with Gasteiger partial charge in [0.15, 0.2) is 0 Å². The van der Waals surface area contributed by atoms with Gasteiger partial charge in [0.2, 0.25) is 10.0 Å². The minimum absolute atomic E-state index is 0.815. The van der Waals surface area contributed by atoms with Crippen molar-refractivity contribution < 1.29 is 8.42 Å². The van der Waals surface area contributed by atoms with Gasteiger partial charge in [-0.15, -0.1) is 0 Å². The molecule has 1 aromatic carbocycles. The zero-order valence-electron chi connectivity index (χ0n) is 7.44. The molecule has 0 heterocycles. The number of nitrogens with one attached hydrogen (secondary N) is 1. The van der Waals surface area contributed by atoms with Crippen molar-refractivity contribution in [3.63, 3.8) is 0 Å². The molecule has 0 fully saturated rings. The summed E-state index contributed by atoms with van der Waals surface area (Å²) in [6.45, 7) is 0. The van der Waals surface area contributed by atoms with Gasteiger partial charge in [0.1, 0.15) is 0 Å². The molecule has 0 aromatic heterocycles. The van der Waals surface area contributed by atoms with Crippen molar-refractivity contribution in [2.75, 3.05) is 6.26 Å². The average Bonchev–Trinajstić information content (AvgIpc) is 2.01. The first-order valence-electron chi connectivity index (χ1n) is 3.73. The minimum atomic E-state index is -3.26. The number of benzene rings is 1. The monoisotopic (exact) mass is 276 g/mol. The fraction of sp³-hybridized carbons (Fsp3) is 0.125. The summed E-state index contributed by atoms with van der Waals surface area (Å²) < 4.78 is 22.2. The van der Waals surface area contributed by atoms with Crippen LogP contribution in [0.5, 0.6) is 0 Å². The molecule has 14 heavy (non-hydrogen) atoms. The van der Waals surface area contributed by atoms with Gasteiger partial charge >= 0.3 is 0 Å². The average molecular weight is 277 g/mol.